The number of nitrogens with two attached hydrogens (primary N) is 1. The molecular weight excluding hydrogens is 270 g/mol. The Balaban J connectivity index is 2.12. The van der Waals surface area contributed by atoms with Crippen molar-refractivity contribution in [2.75, 3.05) is 26.3 Å². The van der Waals surface area contributed by atoms with Gasteiger partial charge in [-0.15, -0.1) is 4.83 Å². The van der Waals surface area contributed by atoms with Gasteiger partial charge < -0.3 is 10.5 Å². The molecule has 1 saturated heterocycles. The van der Waals surface area contributed by atoms with E-state index in [1.165, 1.54) is 24.3 Å². The molecule has 1 heterocycles. The van der Waals surface area contributed by atoms with Gasteiger partial charge in [0.15, 0.2) is 0 Å². The van der Waals surface area contributed by atoms with E-state index < -0.39 is 15.9 Å². The third-order valence-electron chi connectivity index (χ3n) is 2.71. The highest BCUT2D eigenvalue weighted by atomic mass is 32.2. The summed E-state index contributed by atoms with van der Waals surface area (Å²) in [4.78, 5) is 13.5. The first kappa shape index (κ1) is 13.9. The maximum atomic E-state index is 12.1. The number of morpholine rings is 1. The predicted octanol–water partition coefficient (Wildman–Crippen LogP) is -0.689. The van der Waals surface area contributed by atoms with Crippen LogP contribution in [0.3, 0.4) is 0 Å². The lowest BCUT2D eigenvalue weighted by Crippen LogP contribution is -2.48. The number of carbonyl (C=O) groups is 1. The summed E-state index contributed by atoms with van der Waals surface area (Å²) in [5.74, 6) is -0.593. The highest BCUT2D eigenvalue weighted by Crippen LogP contribution is 2.11. The van der Waals surface area contributed by atoms with Crippen molar-refractivity contribution in [3.8, 4) is 0 Å². The van der Waals surface area contributed by atoms with Gasteiger partial charge in [0.1, 0.15) is 0 Å². The average Bonchev–Trinajstić information content (AvgIpc) is 2.39. The van der Waals surface area contributed by atoms with Crippen LogP contribution < -0.4 is 10.6 Å². The first-order chi connectivity index (χ1) is 8.99. The van der Waals surface area contributed by atoms with Crippen molar-refractivity contribution in [2.24, 2.45) is 5.73 Å². The van der Waals surface area contributed by atoms with Crippen molar-refractivity contribution >= 4 is 15.9 Å². The third kappa shape index (κ3) is 3.51. The van der Waals surface area contributed by atoms with Crippen LogP contribution in [0, 0.1) is 0 Å². The van der Waals surface area contributed by atoms with Crippen LogP contribution in [0.1, 0.15) is 10.4 Å². The van der Waals surface area contributed by atoms with E-state index >= 15 is 0 Å². The molecular formula is C11H15N3O4S. The molecule has 1 fully saturated rings. The summed E-state index contributed by atoms with van der Waals surface area (Å²) in [5, 5.41) is 1.58. The molecule has 1 aliphatic rings. The van der Waals surface area contributed by atoms with E-state index in [1.807, 2.05) is 0 Å². The van der Waals surface area contributed by atoms with Crippen LogP contribution in [0.5, 0.6) is 0 Å². The zero-order valence-corrected chi connectivity index (χ0v) is 11.0. The molecule has 19 heavy (non-hydrogen) atoms. The van der Waals surface area contributed by atoms with Gasteiger partial charge in [-0.25, -0.2) is 13.4 Å². The zero-order chi connectivity index (χ0) is 13.9. The molecule has 104 valence electrons. The maximum Gasteiger partial charge on any atom is 0.253 e. The summed E-state index contributed by atoms with van der Waals surface area (Å²) >= 11 is 0. The van der Waals surface area contributed by atoms with Gasteiger partial charge in [-0.1, -0.05) is 0 Å². The Kier molecular flexibility index (Phi) is 4.15. The lowest BCUT2D eigenvalue weighted by atomic mass is 10.2. The molecule has 1 amide bonds. The van der Waals surface area contributed by atoms with Crippen LogP contribution in [-0.2, 0) is 14.8 Å². The minimum absolute atomic E-state index is 0.0870. The van der Waals surface area contributed by atoms with Gasteiger partial charge in [-0.2, -0.15) is 0 Å². The van der Waals surface area contributed by atoms with Gasteiger partial charge in [0.25, 0.3) is 10.0 Å². The van der Waals surface area contributed by atoms with Crippen LogP contribution in [-0.4, -0.2) is 45.6 Å². The monoisotopic (exact) mass is 285 g/mol. The van der Waals surface area contributed by atoms with Gasteiger partial charge in [-0.3, -0.25) is 4.79 Å². The number of ether oxygens (including phenoxy) is 1. The fourth-order valence-electron chi connectivity index (χ4n) is 1.68. The number of hydrogen-bond donors (Lipinski definition) is 2. The number of benzene rings is 1. The van der Waals surface area contributed by atoms with Crippen molar-refractivity contribution in [3.63, 3.8) is 0 Å². The van der Waals surface area contributed by atoms with Crippen molar-refractivity contribution in [1.82, 2.24) is 9.84 Å². The number of hydrogen-bond acceptors (Lipinski definition) is 5. The second-order valence-corrected chi connectivity index (χ2v) is 5.74. The summed E-state index contributed by atoms with van der Waals surface area (Å²) in [6, 6.07) is 5.47. The van der Waals surface area contributed by atoms with Crippen LogP contribution in [0.4, 0.5) is 0 Å². The highest BCUT2D eigenvalue weighted by Gasteiger charge is 2.20. The quantitative estimate of drug-likeness (QED) is 0.762. The molecule has 7 nitrogen and oxygen atoms in total. The Bertz CT molecular complexity index is 550. The molecule has 3 N–H and O–H groups in total. The number of hydrazine groups is 1. The molecule has 0 saturated carbocycles. The van der Waals surface area contributed by atoms with E-state index in [2.05, 4.69) is 4.83 Å². The Morgan fingerprint density at radius 3 is 2.32 bits per heavy atom. The minimum Gasteiger partial charge on any atom is -0.379 e. The molecule has 0 aromatic heterocycles. The lowest BCUT2D eigenvalue weighted by molar-refractivity contribution is 0.0272. The molecule has 0 atom stereocenters. The standard InChI is InChI=1S/C11H15N3O4S/c12-11(15)9-1-3-10(4-2-9)19(16,17)13-14-5-7-18-8-6-14/h1-4,13H,5-8H2,(H2,12,15). The molecule has 1 aliphatic heterocycles. The summed E-state index contributed by atoms with van der Waals surface area (Å²) < 4.78 is 29.3. The predicted molar refractivity (Wildman–Crippen MR) is 67.7 cm³/mol. The van der Waals surface area contributed by atoms with Gasteiger partial charge in [0.2, 0.25) is 5.91 Å². The molecule has 1 aromatic carbocycles. The third-order valence-corrected chi connectivity index (χ3v) is 4.10. The first-order valence-electron chi connectivity index (χ1n) is 5.74. The van der Waals surface area contributed by atoms with E-state index in [1.54, 1.807) is 5.01 Å². The van der Waals surface area contributed by atoms with Crippen molar-refractivity contribution in [2.45, 2.75) is 4.90 Å². The second kappa shape index (κ2) is 5.66. The van der Waals surface area contributed by atoms with Crippen LogP contribution in [0.2, 0.25) is 0 Å². The molecule has 8 heteroatoms. The summed E-state index contributed by atoms with van der Waals surface area (Å²) in [6.45, 7) is 1.98. The summed E-state index contributed by atoms with van der Waals surface area (Å²) in [7, 11) is -3.63. The highest BCUT2D eigenvalue weighted by molar-refractivity contribution is 7.89. The van der Waals surface area contributed by atoms with Crippen molar-refractivity contribution < 1.29 is 17.9 Å². The molecule has 1 aromatic rings. The summed E-state index contributed by atoms with van der Waals surface area (Å²) in [6.07, 6.45) is 0. The largest absolute Gasteiger partial charge is 0.379 e. The smallest absolute Gasteiger partial charge is 0.253 e. The van der Waals surface area contributed by atoms with E-state index in [9.17, 15) is 13.2 Å². The van der Waals surface area contributed by atoms with Crippen LogP contribution >= 0.6 is 0 Å². The number of nitrogens with one attached hydrogen (secondary N) is 1. The van der Waals surface area contributed by atoms with Crippen LogP contribution in [0.15, 0.2) is 29.2 Å². The topological polar surface area (TPSA) is 102 Å². The van der Waals surface area contributed by atoms with E-state index in [0.717, 1.165) is 0 Å². The van der Waals surface area contributed by atoms with E-state index in [0.29, 0.717) is 26.3 Å². The molecule has 0 spiro atoms. The Morgan fingerprint density at radius 2 is 1.79 bits per heavy atom. The SMILES string of the molecule is NC(=O)c1ccc(S(=O)(=O)NN2CCOCC2)cc1. The lowest BCUT2D eigenvalue weighted by Gasteiger charge is -2.26. The fourth-order valence-corrected chi connectivity index (χ4v) is 2.80. The molecule has 2 rings (SSSR count). The number of rotatable bonds is 4. The van der Waals surface area contributed by atoms with Gasteiger partial charge in [0.05, 0.1) is 18.1 Å². The summed E-state index contributed by atoms with van der Waals surface area (Å²) in [5.41, 5.74) is 5.36. The number of sulfonamides is 1. The number of primary amides is 1. The second-order valence-electron chi connectivity index (χ2n) is 4.08. The molecule has 0 radical (unpaired) electrons. The first-order valence-corrected chi connectivity index (χ1v) is 7.22. The average molecular weight is 285 g/mol. The van der Waals surface area contributed by atoms with Crippen LogP contribution in [0.25, 0.3) is 0 Å². The zero-order valence-electron chi connectivity index (χ0n) is 10.2. The minimum atomic E-state index is -3.63. The van der Waals surface area contributed by atoms with Crippen molar-refractivity contribution in [3.05, 3.63) is 29.8 Å². The van der Waals surface area contributed by atoms with Crippen molar-refractivity contribution in [1.29, 1.82) is 0 Å². The van der Waals surface area contributed by atoms with Gasteiger partial charge in [0, 0.05) is 18.7 Å². The van der Waals surface area contributed by atoms with Gasteiger partial charge >= 0.3 is 0 Å². The Labute approximate surface area is 111 Å². The molecule has 0 bridgehead atoms. The number of nitrogens with zero attached hydrogens (tertiary/aromatic N) is 1. The maximum absolute atomic E-state index is 12.1. The van der Waals surface area contributed by atoms with E-state index in [4.69, 9.17) is 10.5 Å². The molecule has 0 unspecified atom stereocenters. The van der Waals surface area contributed by atoms with Gasteiger partial charge in [-0.05, 0) is 24.3 Å². The Morgan fingerprint density at radius 1 is 1.21 bits per heavy atom. The normalized spacial score (nSPS) is 17.3. The number of amides is 1. The Hall–Kier alpha value is -1.48. The van der Waals surface area contributed by atoms with E-state index in [-0.39, 0.29) is 10.5 Å². The number of carbonyl (C=O) groups excluding carboxylic acids is 1. The fraction of sp³-hybridized carbons (Fsp3) is 0.364. The molecule has 0 aliphatic carbocycles.